The molecule has 228 valence electrons. The molecular formula is C38H31BrN4O3. The molecule has 1 N–H and O–H groups in total. The fourth-order valence-corrected chi connectivity index (χ4v) is 6.90. The molecule has 0 saturated carbocycles. The number of imide groups is 1. The molecule has 6 aromatic rings. The standard InChI is InChI=1S/C38H31BrN4O3/c1-37(2,23-14-8-5-9-15-23)25-20-27(38(3,4)24-16-10-6-11-17-24)34(44)30(21-25)43-40-29-22-28(39)31-32(33(29)41-43)36(46)42(35(31)45)26-18-12-7-13-19-26/h5-22,44H,1-4H3. The van der Waals surface area contributed by atoms with Crippen LogP contribution in [0, 0.1) is 0 Å². The first-order valence-corrected chi connectivity index (χ1v) is 15.8. The molecule has 1 aliphatic rings. The summed E-state index contributed by atoms with van der Waals surface area (Å²) in [5, 5.41) is 21.6. The lowest BCUT2D eigenvalue weighted by Crippen LogP contribution is -2.29. The predicted octanol–water partition coefficient (Wildman–Crippen LogP) is 8.34. The quantitative estimate of drug-likeness (QED) is 0.180. The third-order valence-corrected chi connectivity index (χ3v) is 9.79. The Morgan fingerprint density at radius 2 is 1.20 bits per heavy atom. The minimum Gasteiger partial charge on any atom is -0.505 e. The fourth-order valence-electron chi connectivity index (χ4n) is 6.32. The molecule has 46 heavy (non-hydrogen) atoms. The number of benzene rings is 5. The Labute approximate surface area is 275 Å². The average Bonchev–Trinajstić information content (AvgIpc) is 3.60. The molecule has 0 bridgehead atoms. The largest absolute Gasteiger partial charge is 0.505 e. The van der Waals surface area contributed by atoms with Gasteiger partial charge in [0.15, 0.2) is 0 Å². The van der Waals surface area contributed by atoms with Crippen LogP contribution in [-0.2, 0) is 10.8 Å². The summed E-state index contributed by atoms with van der Waals surface area (Å²) >= 11 is 3.52. The van der Waals surface area contributed by atoms with Crippen molar-refractivity contribution in [1.29, 1.82) is 0 Å². The highest BCUT2D eigenvalue weighted by Crippen LogP contribution is 2.44. The number of aromatic hydroxyl groups is 1. The SMILES string of the molecule is CC(C)(c1ccccc1)c1cc(-n2nc3cc(Br)c4c(c3n2)C(=O)N(c2ccccc2)C4=O)c(O)c(C(C)(C)c2ccccc2)c1. The fraction of sp³-hybridized carbons (Fsp3) is 0.158. The van der Waals surface area contributed by atoms with Crippen molar-refractivity contribution in [2.75, 3.05) is 4.90 Å². The first kappa shape index (κ1) is 29.6. The summed E-state index contributed by atoms with van der Waals surface area (Å²) in [7, 11) is 0. The lowest BCUT2D eigenvalue weighted by molar-refractivity contribution is 0.0926. The van der Waals surface area contributed by atoms with Gasteiger partial charge in [0.1, 0.15) is 22.5 Å². The maximum absolute atomic E-state index is 13.8. The van der Waals surface area contributed by atoms with E-state index >= 15 is 0 Å². The van der Waals surface area contributed by atoms with Gasteiger partial charge in [-0.15, -0.1) is 15.0 Å². The Kier molecular flexibility index (Phi) is 6.94. The maximum Gasteiger partial charge on any atom is 0.268 e. The first-order valence-electron chi connectivity index (χ1n) is 15.0. The van der Waals surface area contributed by atoms with Crippen molar-refractivity contribution in [1.82, 2.24) is 15.0 Å². The van der Waals surface area contributed by atoms with Crippen molar-refractivity contribution < 1.29 is 14.7 Å². The summed E-state index contributed by atoms with van der Waals surface area (Å²) in [6.45, 7) is 8.47. The number of fused-ring (bicyclic) bond motifs is 3. The number of carbonyl (C=O) groups is 2. The van der Waals surface area contributed by atoms with Crippen molar-refractivity contribution in [3.8, 4) is 11.4 Å². The number of carbonyl (C=O) groups excluding carboxylic acids is 2. The summed E-state index contributed by atoms with van der Waals surface area (Å²) in [4.78, 5) is 29.9. The van der Waals surface area contributed by atoms with Gasteiger partial charge in [-0.3, -0.25) is 9.59 Å². The van der Waals surface area contributed by atoms with Gasteiger partial charge < -0.3 is 5.11 Å². The number of phenols is 1. The molecule has 2 heterocycles. The molecule has 0 unspecified atom stereocenters. The Hall–Kier alpha value is -5.08. The molecule has 5 aromatic carbocycles. The second kappa shape index (κ2) is 10.8. The predicted molar refractivity (Wildman–Crippen MR) is 183 cm³/mol. The lowest BCUT2D eigenvalue weighted by Gasteiger charge is -2.32. The summed E-state index contributed by atoms with van der Waals surface area (Å²) in [6.07, 6.45) is 0. The zero-order chi connectivity index (χ0) is 32.4. The van der Waals surface area contributed by atoms with E-state index < -0.39 is 22.6 Å². The number of halogens is 1. The number of hydrogen-bond donors (Lipinski definition) is 1. The average molecular weight is 672 g/mol. The van der Waals surface area contributed by atoms with Crippen LogP contribution in [0.3, 0.4) is 0 Å². The normalized spacial score (nSPS) is 13.5. The van der Waals surface area contributed by atoms with Crippen molar-refractivity contribution in [2.45, 2.75) is 38.5 Å². The summed E-state index contributed by atoms with van der Waals surface area (Å²) in [5.41, 5.74) is 4.75. The van der Waals surface area contributed by atoms with Crippen molar-refractivity contribution >= 4 is 44.5 Å². The minimum absolute atomic E-state index is 0.0331. The van der Waals surface area contributed by atoms with Gasteiger partial charge in [0.05, 0.1) is 16.8 Å². The Morgan fingerprint density at radius 1 is 0.652 bits per heavy atom. The van der Waals surface area contributed by atoms with E-state index in [2.05, 4.69) is 74.0 Å². The molecule has 0 radical (unpaired) electrons. The van der Waals surface area contributed by atoms with Crippen LogP contribution in [0.5, 0.6) is 5.75 Å². The van der Waals surface area contributed by atoms with Gasteiger partial charge in [-0.05, 0) is 56.9 Å². The van der Waals surface area contributed by atoms with E-state index in [0.717, 1.165) is 21.6 Å². The molecule has 2 amide bonds. The van der Waals surface area contributed by atoms with Crippen LogP contribution in [0.1, 0.15) is 70.7 Å². The van der Waals surface area contributed by atoms with Crippen LogP contribution in [0.2, 0.25) is 0 Å². The van der Waals surface area contributed by atoms with Crippen LogP contribution in [0.4, 0.5) is 5.69 Å². The van der Waals surface area contributed by atoms with Crippen LogP contribution in [-0.4, -0.2) is 31.9 Å². The number of para-hydroxylation sites is 1. The first-order chi connectivity index (χ1) is 22.0. The van der Waals surface area contributed by atoms with Crippen molar-refractivity contribution in [2.24, 2.45) is 0 Å². The van der Waals surface area contributed by atoms with Gasteiger partial charge in [-0.2, -0.15) is 0 Å². The number of hydrogen-bond acceptors (Lipinski definition) is 5. The summed E-state index contributed by atoms with van der Waals surface area (Å²) in [6, 6.07) is 34.8. The third-order valence-electron chi connectivity index (χ3n) is 9.17. The molecule has 0 aliphatic carbocycles. The molecule has 1 aliphatic heterocycles. The summed E-state index contributed by atoms with van der Waals surface area (Å²) in [5.74, 6) is -0.875. The smallest absolute Gasteiger partial charge is 0.268 e. The van der Waals surface area contributed by atoms with Crippen molar-refractivity contribution in [3.05, 3.63) is 147 Å². The molecule has 1 aromatic heterocycles. The second-order valence-corrected chi connectivity index (χ2v) is 13.5. The van der Waals surface area contributed by atoms with Crippen molar-refractivity contribution in [3.63, 3.8) is 0 Å². The third kappa shape index (κ3) is 4.55. The number of phenolic OH excluding ortho intramolecular Hbond substituents is 1. The molecule has 7 nitrogen and oxygen atoms in total. The molecule has 0 spiro atoms. The van der Waals surface area contributed by atoms with Crippen LogP contribution in [0.15, 0.2) is 114 Å². The maximum atomic E-state index is 13.8. The van der Waals surface area contributed by atoms with Gasteiger partial charge in [-0.25, -0.2) is 4.90 Å². The topological polar surface area (TPSA) is 88.3 Å². The monoisotopic (exact) mass is 670 g/mol. The second-order valence-electron chi connectivity index (χ2n) is 12.6. The molecule has 0 atom stereocenters. The Balaban J connectivity index is 1.45. The number of nitrogens with zero attached hydrogens (tertiary/aromatic N) is 4. The highest BCUT2D eigenvalue weighted by atomic mass is 79.9. The Bertz CT molecular complexity index is 2160. The van der Waals surface area contributed by atoms with Gasteiger partial charge >= 0.3 is 0 Å². The highest BCUT2D eigenvalue weighted by Gasteiger charge is 2.41. The van der Waals surface area contributed by atoms with Gasteiger partial charge in [0, 0.05) is 20.9 Å². The number of aromatic nitrogens is 3. The van der Waals surface area contributed by atoms with E-state index in [0.29, 0.717) is 26.9 Å². The highest BCUT2D eigenvalue weighted by molar-refractivity contribution is 9.10. The van der Waals surface area contributed by atoms with E-state index in [-0.39, 0.29) is 22.4 Å². The van der Waals surface area contributed by atoms with Gasteiger partial charge in [0.25, 0.3) is 11.8 Å². The number of amides is 2. The minimum atomic E-state index is -0.585. The molecule has 0 saturated heterocycles. The van der Waals surface area contributed by atoms with Gasteiger partial charge in [-0.1, -0.05) is 113 Å². The van der Waals surface area contributed by atoms with E-state index in [1.165, 1.54) is 4.80 Å². The van der Waals surface area contributed by atoms with Crippen LogP contribution < -0.4 is 4.90 Å². The van der Waals surface area contributed by atoms with Crippen LogP contribution >= 0.6 is 15.9 Å². The van der Waals surface area contributed by atoms with Gasteiger partial charge in [0.2, 0.25) is 0 Å². The Morgan fingerprint density at radius 3 is 1.80 bits per heavy atom. The summed E-state index contributed by atoms with van der Waals surface area (Å²) < 4.78 is 0.452. The molecule has 0 fully saturated rings. The van der Waals surface area contributed by atoms with E-state index in [9.17, 15) is 14.7 Å². The molecule has 8 heteroatoms. The van der Waals surface area contributed by atoms with Crippen LogP contribution in [0.25, 0.3) is 16.7 Å². The van der Waals surface area contributed by atoms with E-state index in [1.807, 2.05) is 48.5 Å². The number of anilines is 1. The molecular weight excluding hydrogens is 640 g/mol. The zero-order valence-electron chi connectivity index (χ0n) is 25.8. The van der Waals surface area contributed by atoms with E-state index in [4.69, 9.17) is 10.2 Å². The van der Waals surface area contributed by atoms with E-state index in [1.54, 1.807) is 30.3 Å². The number of rotatable bonds is 6. The zero-order valence-corrected chi connectivity index (χ0v) is 27.4. The molecule has 7 rings (SSSR count). The lowest BCUT2D eigenvalue weighted by atomic mass is 9.72.